The largest absolute Gasteiger partial charge is 0.344 e. The monoisotopic (exact) mass is 936 g/mol. The number of alkyl halides is 4. The second-order valence-corrected chi connectivity index (χ2v) is 19.5. The molecule has 13 nitrogen and oxygen atoms in total. The third kappa shape index (κ3) is 7.89. The molecule has 7 aromatic rings. The summed E-state index contributed by atoms with van der Waals surface area (Å²) in [7, 11) is -1.38. The molecule has 2 aliphatic rings. The van der Waals surface area contributed by atoms with Gasteiger partial charge in [0, 0.05) is 58.2 Å². The van der Waals surface area contributed by atoms with Gasteiger partial charge in [-0.05, 0) is 79.1 Å². The minimum Gasteiger partial charge on any atom is -0.344 e. The fourth-order valence-corrected chi connectivity index (χ4v) is 9.60. The minimum absolute atomic E-state index is 0.00532. The van der Waals surface area contributed by atoms with Crippen LogP contribution in [0, 0.1) is 24.5 Å². The summed E-state index contributed by atoms with van der Waals surface area (Å²) in [6.45, 7) is 4.72. The first-order valence-corrected chi connectivity index (χ1v) is 22.8. The molecular formula is C44H39ClF6N10O3S. The maximum atomic E-state index is 15.6. The number of nitrogens with one attached hydrogen (secondary N) is 2. The zero-order valence-corrected chi connectivity index (χ0v) is 36.8. The first kappa shape index (κ1) is 43.9. The summed E-state index contributed by atoms with van der Waals surface area (Å²) in [6.07, 6.45) is -2.28. The summed E-state index contributed by atoms with van der Waals surface area (Å²) in [5.41, 5.74) is -0.331. The lowest BCUT2D eigenvalue weighted by Crippen LogP contribution is -2.38. The molecule has 0 saturated heterocycles. The molecule has 0 radical (unpaired) electrons. The Bertz CT molecular complexity index is 3300. The van der Waals surface area contributed by atoms with Gasteiger partial charge in [-0.2, -0.15) is 19.0 Å². The number of carbonyl (C=O) groups excluding carboxylic acids is 1. The van der Waals surface area contributed by atoms with E-state index >= 15 is 13.6 Å². The quantitative estimate of drug-likeness (QED) is 0.0919. The van der Waals surface area contributed by atoms with Crippen LogP contribution in [-0.2, 0) is 40.4 Å². The van der Waals surface area contributed by atoms with Crippen LogP contribution in [0.25, 0.3) is 38.8 Å². The van der Waals surface area contributed by atoms with E-state index in [4.69, 9.17) is 16.6 Å². The van der Waals surface area contributed by atoms with E-state index in [0.717, 1.165) is 22.4 Å². The summed E-state index contributed by atoms with van der Waals surface area (Å²) in [4.78, 5) is 43.5. The van der Waals surface area contributed by atoms with Crippen molar-refractivity contribution in [1.29, 1.82) is 0 Å². The number of fused-ring (bicyclic) bond motifs is 5. The number of aryl methyl sites for hydroxylation is 2. The summed E-state index contributed by atoms with van der Waals surface area (Å²) in [5.74, 6) is -4.45. The summed E-state index contributed by atoms with van der Waals surface area (Å²) >= 11 is 6.74. The fraction of sp³-hybridized carbons (Fsp3) is 0.318. The zero-order valence-electron chi connectivity index (χ0n) is 35.3. The number of anilines is 1. The summed E-state index contributed by atoms with van der Waals surface area (Å²) in [6, 6.07) is 10.8. The van der Waals surface area contributed by atoms with E-state index < -0.39 is 87.4 Å². The Morgan fingerprint density at radius 2 is 1.75 bits per heavy atom. The van der Waals surface area contributed by atoms with Crippen LogP contribution in [-0.4, -0.2) is 61.3 Å². The van der Waals surface area contributed by atoms with Crippen molar-refractivity contribution < 1.29 is 35.3 Å². The van der Waals surface area contributed by atoms with E-state index in [9.17, 15) is 26.6 Å². The number of carbonyl (C=O) groups is 1. The van der Waals surface area contributed by atoms with Gasteiger partial charge < -0.3 is 5.32 Å². The van der Waals surface area contributed by atoms with Crippen molar-refractivity contribution in [1.82, 2.24) is 44.4 Å². The van der Waals surface area contributed by atoms with Crippen molar-refractivity contribution in [2.75, 3.05) is 11.0 Å². The van der Waals surface area contributed by atoms with Gasteiger partial charge in [-0.25, -0.2) is 36.7 Å². The van der Waals surface area contributed by atoms with Crippen LogP contribution in [0.5, 0.6) is 0 Å². The lowest BCUT2D eigenvalue weighted by Gasteiger charge is -2.24. The second-order valence-electron chi connectivity index (χ2n) is 16.9. The van der Waals surface area contributed by atoms with E-state index in [2.05, 4.69) is 36.1 Å². The number of hydrogen-bond donors (Lipinski definition) is 2. The SMILES string of the molecule is C=S(C)(=O)Nc1nn(C)c2c(-n3c([C@H](Cc4cc(F)cc(F)c4)NC(=O)Cn4nc(C(F)F)c5c4C(F)(F)[C@@H]4C[C@H]54)nc4cc(-c5cc(C(C)C)nc(C)n5)ccc4c3=O)ccc(Cl)c12. The van der Waals surface area contributed by atoms with Gasteiger partial charge in [0.05, 0.1) is 44.3 Å². The highest BCUT2D eigenvalue weighted by molar-refractivity contribution is 8.00. The van der Waals surface area contributed by atoms with Gasteiger partial charge in [-0.15, -0.1) is 0 Å². The average molecular weight is 937 g/mol. The van der Waals surface area contributed by atoms with Crippen molar-refractivity contribution in [3.05, 3.63) is 121 Å². The third-order valence-corrected chi connectivity index (χ3v) is 12.5. The summed E-state index contributed by atoms with van der Waals surface area (Å²) in [5, 5.41) is 11.4. The number of aromatic nitrogens is 8. The summed E-state index contributed by atoms with van der Waals surface area (Å²) < 4.78 is 108. The van der Waals surface area contributed by atoms with E-state index in [1.54, 1.807) is 38.2 Å². The van der Waals surface area contributed by atoms with E-state index in [1.807, 2.05) is 13.8 Å². The molecular weight excluding hydrogens is 898 g/mol. The Morgan fingerprint density at radius 3 is 2.43 bits per heavy atom. The standard InChI is InChI=1S/C44H39ClF6N10O3S/c1-19(2)29-17-30(53-20(3)52-29)22-7-8-25-31(14-22)55-42(61(43(25)63)33-10-9-28(45)36-38(33)59(4)57-41(36)58-65(5,6)64)32(13-21-11-23(46)15-24(47)12-21)54-34(62)18-60-39-35(37(56-60)40(48)49)26-16-27(26)44(39,50)51/h7-12,14-15,17,19,26-27,32,40H,5,13,16,18H2,1-4,6H3,(H,54,62)(H,57,58,64)/t26-,27+,32-,65?/m0/s1. The van der Waals surface area contributed by atoms with E-state index in [1.165, 1.54) is 23.1 Å². The normalized spacial score (nSPS) is 17.7. The van der Waals surface area contributed by atoms with Crippen LogP contribution in [0.1, 0.15) is 84.4 Å². The smallest absolute Gasteiger partial charge is 0.293 e. The molecule has 4 atom stereocenters. The first-order valence-electron chi connectivity index (χ1n) is 20.3. The topological polar surface area (TPSA) is 155 Å². The van der Waals surface area contributed by atoms with E-state index in [-0.39, 0.29) is 67.6 Å². The Morgan fingerprint density at radius 1 is 1.03 bits per heavy atom. The van der Waals surface area contributed by atoms with Crippen molar-refractivity contribution in [3.63, 3.8) is 0 Å². The van der Waals surface area contributed by atoms with Crippen LogP contribution in [0.2, 0.25) is 5.02 Å². The van der Waals surface area contributed by atoms with Gasteiger partial charge in [0.1, 0.15) is 41.2 Å². The first-order chi connectivity index (χ1) is 30.6. The Kier molecular flexibility index (Phi) is 10.6. The highest BCUT2D eigenvalue weighted by atomic mass is 35.5. The van der Waals surface area contributed by atoms with Gasteiger partial charge in [-0.1, -0.05) is 31.5 Å². The number of benzene rings is 3. The van der Waals surface area contributed by atoms with Gasteiger partial charge in [-0.3, -0.25) is 28.2 Å². The highest BCUT2D eigenvalue weighted by Crippen LogP contribution is 2.68. The fourth-order valence-electron chi connectivity index (χ4n) is 8.80. The van der Waals surface area contributed by atoms with Crippen molar-refractivity contribution >= 4 is 60.7 Å². The number of rotatable bonds is 12. The zero-order chi connectivity index (χ0) is 46.6. The van der Waals surface area contributed by atoms with Crippen LogP contribution < -0.4 is 15.6 Å². The number of halogens is 7. The molecule has 9 rings (SSSR count). The molecule has 1 fully saturated rings. The van der Waals surface area contributed by atoms with E-state index in [0.29, 0.717) is 27.8 Å². The van der Waals surface area contributed by atoms with Crippen molar-refractivity contribution in [3.8, 4) is 16.9 Å². The van der Waals surface area contributed by atoms with Gasteiger partial charge in [0.2, 0.25) is 5.91 Å². The number of amides is 1. The molecule has 1 saturated carbocycles. The highest BCUT2D eigenvalue weighted by Gasteiger charge is 2.67. The minimum atomic E-state index is -3.54. The van der Waals surface area contributed by atoms with Crippen molar-refractivity contribution in [2.45, 2.75) is 70.4 Å². The van der Waals surface area contributed by atoms with Gasteiger partial charge in [0.25, 0.3) is 17.9 Å². The molecule has 4 aromatic heterocycles. The van der Waals surface area contributed by atoms with Crippen LogP contribution in [0.15, 0.2) is 59.4 Å². The molecule has 1 amide bonds. The van der Waals surface area contributed by atoms with Crippen LogP contribution in [0.4, 0.5) is 32.2 Å². The average Bonchev–Trinajstić information content (AvgIpc) is 3.75. The molecule has 2 aliphatic carbocycles. The molecule has 65 heavy (non-hydrogen) atoms. The predicted octanol–water partition coefficient (Wildman–Crippen LogP) is 8.21. The van der Waals surface area contributed by atoms with Gasteiger partial charge >= 0.3 is 0 Å². The molecule has 338 valence electrons. The predicted molar refractivity (Wildman–Crippen MR) is 234 cm³/mol. The Labute approximate surface area is 372 Å². The lowest BCUT2D eigenvalue weighted by atomic mass is 10.0. The molecule has 0 bridgehead atoms. The lowest BCUT2D eigenvalue weighted by molar-refractivity contribution is -0.123. The maximum Gasteiger partial charge on any atom is 0.293 e. The molecule has 3 aromatic carbocycles. The van der Waals surface area contributed by atoms with Crippen LogP contribution >= 0.6 is 11.6 Å². The van der Waals surface area contributed by atoms with Gasteiger partial charge in [0.15, 0.2) is 5.82 Å². The molecule has 2 N–H and O–H groups in total. The Balaban J connectivity index is 1.27. The maximum absolute atomic E-state index is 15.6. The number of nitrogens with zero attached hydrogens (tertiary/aromatic N) is 8. The third-order valence-electron chi connectivity index (χ3n) is 11.6. The van der Waals surface area contributed by atoms with Crippen molar-refractivity contribution in [2.24, 2.45) is 13.0 Å². The molecule has 21 heteroatoms. The molecule has 0 spiro atoms. The Hall–Kier alpha value is -6.28. The van der Waals surface area contributed by atoms with Crippen LogP contribution in [0.3, 0.4) is 0 Å². The molecule has 1 unspecified atom stereocenters. The molecule has 4 heterocycles. The second kappa shape index (κ2) is 15.7. The number of hydrogen-bond acceptors (Lipinski definition) is 8. The molecule has 0 aliphatic heterocycles.